The molecule has 4 rings (SSSR count). The van der Waals surface area contributed by atoms with E-state index in [0.717, 1.165) is 16.7 Å². The van der Waals surface area contributed by atoms with Gasteiger partial charge in [0.05, 0.1) is 17.9 Å². The van der Waals surface area contributed by atoms with Crippen molar-refractivity contribution in [3.8, 4) is 11.4 Å². The van der Waals surface area contributed by atoms with E-state index in [1.807, 2.05) is 36.4 Å². The van der Waals surface area contributed by atoms with E-state index in [2.05, 4.69) is 19.8 Å². The molecule has 0 fully saturated rings. The van der Waals surface area contributed by atoms with Gasteiger partial charge in [-0.1, -0.05) is 53.7 Å². The number of pyridine rings is 1. The van der Waals surface area contributed by atoms with Crippen LogP contribution >= 0.6 is 0 Å². The van der Waals surface area contributed by atoms with Crippen LogP contribution in [0.15, 0.2) is 83.6 Å². The van der Waals surface area contributed by atoms with Gasteiger partial charge in [0.1, 0.15) is 0 Å². The van der Waals surface area contributed by atoms with E-state index in [0.29, 0.717) is 23.8 Å². The van der Waals surface area contributed by atoms with Gasteiger partial charge in [-0.25, -0.2) is 8.42 Å². The van der Waals surface area contributed by atoms with Crippen LogP contribution in [0.25, 0.3) is 11.4 Å². The summed E-state index contributed by atoms with van der Waals surface area (Å²) >= 11 is 0. The average molecular weight is 406 g/mol. The first-order valence-corrected chi connectivity index (χ1v) is 10.6. The second-order valence-corrected chi connectivity index (χ2v) is 8.16. The minimum absolute atomic E-state index is 0.103. The number of anilines is 1. The first kappa shape index (κ1) is 18.8. The van der Waals surface area contributed by atoms with E-state index in [1.54, 1.807) is 42.7 Å². The van der Waals surface area contributed by atoms with Crippen LogP contribution in [-0.4, -0.2) is 23.5 Å². The van der Waals surface area contributed by atoms with Gasteiger partial charge in [0.2, 0.25) is 21.7 Å². The third kappa shape index (κ3) is 4.85. The molecule has 0 bridgehead atoms. The van der Waals surface area contributed by atoms with Crippen LogP contribution in [0.2, 0.25) is 0 Å². The lowest BCUT2D eigenvalue weighted by atomic mass is 10.1. The number of hydrogen-bond acceptors (Lipinski definition) is 6. The maximum absolute atomic E-state index is 12.6. The molecule has 0 saturated carbocycles. The molecule has 4 aromatic rings. The van der Waals surface area contributed by atoms with Crippen molar-refractivity contribution in [2.24, 2.45) is 0 Å². The Labute approximate surface area is 168 Å². The molecule has 0 saturated heterocycles. The van der Waals surface area contributed by atoms with E-state index < -0.39 is 10.0 Å². The Morgan fingerprint density at radius 2 is 1.72 bits per heavy atom. The summed E-state index contributed by atoms with van der Waals surface area (Å²) in [5, 5.41) is 3.98. The number of nitrogens with one attached hydrogen (secondary N) is 1. The standard InChI is InChI=1S/C21H18N4O3S/c26-29(27,15-16-7-2-1-3-8-16)25-19-11-5-4-9-17(19)13-20-23-21(24-28-20)18-10-6-12-22-14-18/h1-12,14,25H,13,15H2. The van der Waals surface area contributed by atoms with Crippen molar-refractivity contribution >= 4 is 15.7 Å². The summed E-state index contributed by atoms with van der Waals surface area (Å²) < 4.78 is 33.2. The summed E-state index contributed by atoms with van der Waals surface area (Å²) in [6, 6.07) is 19.8. The topological polar surface area (TPSA) is 98.0 Å². The molecule has 0 atom stereocenters. The number of sulfonamides is 1. The van der Waals surface area contributed by atoms with E-state index in [1.165, 1.54) is 0 Å². The number of nitrogens with zero attached hydrogens (tertiary/aromatic N) is 3. The van der Waals surface area contributed by atoms with Gasteiger partial charge in [0, 0.05) is 18.0 Å². The van der Waals surface area contributed by atoms with Crippen LogP contribution in [0.1, 0.15) is 17.0 Å². The molecule has 0 radical (unpaired) electrons. The van der Waals surface area contributed by atoms with E-state index in [9.17, 15) is 8.42 Å². The normalized spacial score (nSPS) is 11.3. The molecule has 0 aliphatic heterocycles. The van der Waals surface area contributed by atoms with Gasteiger partial charge >= 0.3 is 0 Å². The van der Waals surface area contributed by atoms with Crippen LogP contribution in [0.4, 0.5) is 5.69 Å². The zero-order chi connectivity index (χ0) is 20.1. The maximum atomic E-state index is 12.6. The zero-order valence-electron chi connectivity index (χ0n) is 15.4. The fraction of sp³-hybridized carbons (Fsp3) is 0.0952. The van der Waals surface area contributed by atoms with Gasteiger partial charge in [-0.3, -0.25) is 9.71 Å². The van der Waals surface area contributed by atoms with Gasteiger partial charge in [0.15, 0.2) is 0 Å². The Morgan fingerprint density at radius 3 is 2.52 bits per heavy atom. The molecule has 2 aromatic carbocycles. The fourth-order valence-electron chi connectivity index (χ4n) is 2.87. The average Bonchev–Trinajstić information content (AvgIpc) is 3.19. The summed E-state index contributed by atoms with van der Waals surface area (Å²) in [5.41, 5.74) is 2.70. The summed E-state index contributed by atoms with van der Waals surface area (Å²) in [4.78, 5) is 8.43. The molecule has 0 aliphatic carbocycles. The monoisotopic (exact) mass is 406 g/mol. The number of aromatic nitrogens is 3. The third-order valence-electron chi connectivity index (χ3n) is 4.21. The molecule has 0 aliphatic rings. The molecule has 0 unspecified atom stereocenters. The highest BCUT2D eigenvalue weighted by Crippen LogP contribution is 2.22. The first-order chi connectivity index (χ1) is 14.1. The lowest BCUT2D eigenvalue weighted by molar-refractivity contribution is 0.386. The van der Waals surface area contributed by atoms with E-state index >= 15 is 0 Å². The second-order valence-electron chi connectivity index (χ2n) is 6.43. The van der Waals surface area contributed by atoms with Crippen molar-refractivity contribution < 1.29 is 12.9 Å². The largest absolute Gasteiger partial charge is 0.339 e. The van der Waals surface area contributed by atoms with Crippen molar-refractivity contribution in [1.29, 1.82) is 0 Å². The Morgan fingerprint density at radius 1 is 0.931 bits per heavy atom. The highest BCUT2D eigenvalue weighted by Gasteiger charge is 2.16. The van der Waals surface area contributed by atoms with Gasteiger partial charge in [0.25, 0.3) is 0 Å². The number of para-hydroxylation sites is 1. The summed E-state index contributed by atoms with van der Waals surface area (Å²) in [6.45, 7) is 0. The van der Waals surface area contributed by atoms with E-state index in [4.69, 9.17) is 4.52 Å². The quantitative estimate of drug-likeness (QED) is 0.503. The number of benzene rings is 2. The minimum atomic E-state index is -3.57. The minimum Gasteiger partial charge on any atom is -0.339 e. The SMILES string of the molecule is O=S(=O)(Cc1ccccc1)Nc1ccccc1Cc1nc(-c2cccnc2)no1. The highest BCUT2D eigenvalue weighted by molar-refractivity contribution is 7.91. The van der Waals surface area contributed by atoms with Crippen LogP contribution in [0, 0.1) is 0 Å². The molecule has 29 heavy (non-hydrogen) atoms. The van der Waals surface area contributed by atoms with Crippen LogP contribution in [0.5, 0.6) is 0 Å². The van der Waals surface area contributed by atoms with Crippen LogP contribution in [-0.2, 0) is 22.2 Å². The highest BCUT2D eigenvalue weighted by atomic mass is 32.2. The van der Waals surface area contributed by atoms with Crippen LogP contribution < -0.4 is 4.72 Å². The van der Waals surface area contributed by atoms with Crippen molar-refractivity contribution in [2.45, 2.75) is 12.2 Å². The van der Waals surface area contributed by atoms with Gasteiger partial charge in [-0.2, -0.15) is 4.98 Å². The molecule has 146 valence electrons. The lowest BCUT2D eigenvalue weighted by Crippen LogP contribution is -2.16. The summed E-state index contributed by atoms with van der Waals surface area (Å²) in [5.74, 6) is 0.724. The van der Waals surface area contributed by atoms with Crippen molar-refractivity contribution in [2.75, 3.05) is 4.72 Å². The molecule has 0 spiro atoms. The van der Waals surface area contributed by atoms with E-state index in [-0.39, 0.29) is 5.75 Å². The molecular formula is C21H18N4O3S. The predicted octanol–water partition coefficient (Wildman–Crippen LogP) is 3.66. The third-order valence-corrected chi connectivity index (χ3v) is 5.46. The predicted molar refractivity (Wildman–Crippen MR) is 109 cm³/mol. The number of hydrogen-bond donors (Lipinski definition) is 1. The van der Waals surface area contributed by atoms with Crippen molar-refractivity contribution in [3.05, 3.63) is 96.1 Å². The second kappa shape index (κ2) is 8.24. The van der Waals surface area contributed by atoms with Crippen molar-refractivity contribution in [3.63, 3.8) is 0 Å². The molecule has 2 heterocycles. The zero-order valence-corrected chi connectivity index (χ0v) is 16.2. The lowest BCUT2D eigenvalue weighted by Gasteiger charge is -2.11. The molecule has 2 aromatic heterocycles. The van der Waals surface area contributed by atoms with Crippen LogP contribution in [0.3, 0.4) is 0 Å². The molecule has 0 amide bonds. The number of rotatable bonds is 7. The Bertz CT molecular complexity index is 1190. The first-order valence-electron chi connectivity index (χ1n) is 8.94. The molecule has 7 nitrogen and oxygen atoms in total. The van der Waals surface area contributed by atoms with Gasteiger partial charge in [-0.05, 0) is 29.3 Å². The maximum Gasteiger partial charge on any atom is 0.236 e. The fourth-order valence-corrected chi connectivity index (χ4v) is 4.11. The van der Waals surface area contributed by atoms with Gasteiger partial charge in [-0.15, -0.1) is 0 Å². The summed E-state index contributed by atoms with van der Waals surface area (Å²) in [6.07, 6.45) is 3.62. The smallest absolute Gasteiger partial charge is 0.236 e. The Balaban J connectivity index is 1.52. The Hall–Kier alpha value is -3.52. The molecule has 1 N–H and O–H groups in total. The molecule has 8 heteroatoms. The summed E-state index contributed by atoms with van der Waals surface area (Å²) in [7, 11) is -3.57. The van der Waals surface area contributed by atoms with Crippen molar-refractivity contribution in [1.82, 2.24) is 15.1 Å². The Kier molecular flexibility index (Phi) is 5.35. The molecular weight excluding hydrogens is 388 g/mol. The van der Waals surface area contributed by atoms with Gasteiger partial charge < -0.3 is 4.52 Å².